The van der Waals surface area contributed by atoms with E-state index < -0.39 is 29.6 Å². The van der Waals surface area contributed by atoms with Gasteiger partial charge in [0.15, 0.2) is 23.0 Å². The molecule has 10 rings (SSSR count). The summed E-state index contributed by atoms with van der Waals surface area (Å²) >= 11 is 0. The zero-order chi connectivity index (χ0) is 51.1. The molecular formula is C55H65F3N4O9. The monoisotopic (exact) mass is 982 g/mol. The predicted octanol–water partition coefficient (Wildman–Crippen LogP) is 9.47. The number of alkyl halides is 3. The summed E-state index contributed by atoms with van der Waals surface area (Å²) in [4.78, 5) is 47.5. The molecule has 5 N–H and O–H groups in total. The Balaban J connectivity index is 0.000000174. The number of benzene rings is 4. The Kier molecular flexibility index (Phi) is 13.9. The Morgan fingerprint density at radius 3 is 1.48 bits per heavy atom. The van der Waals surface area contributed by atoms with Gasteiger partial charge in [-0.15, -0.1) is 0 Å². The van der Waals surface area contributed by atoms with Crippen molar-refractivity contribution in [3.05, 3.63) is 106 Å². The van der Waals surface area contributed by atoms with Crippen molar-refractivity contribution in [2.45, 2.75) is 135 Å². The summed E-state index contributed by atoms with van der Waals surface area (Å²) in [7, 11) is 0. The molecule has 2 atom stereocenters. The number of Topliss-reactive ketones (excluding diaryl/α,β-unsaturated/α-hetero) is 2. The topological polar surface area (TPSA) is 177 Å². The third-order valence-corrected chi connectivity index (χ3v) is 14.6. The lowest BCUT2D eigenvalue weighted by Crippen LogP contribution is -2.45. The van der Waals surface area contributed by atoms with Crippen molar-refractivity contribution in [3.63, 3.8) is 0 Å². The van der Waals surface area contributed by atoms with Gasteiger partial charge in [0.1, 0.15) is 17.2 Å². The molecule has 0 saturated heterocycles. The maximum absolute atomic E-state index is 13.4. The molecule has 0 spiro atoms. The summed E-state index contributed by atoms with van der Waals surface area (Å²) in [6, 6.07) is 25.0. The number of fused-ring (bicyclic) bond motifs is 4. The van der Waals surface area contributed by atoms with Crippen molar-refractivity contribution in [2.24, 2.45) is 16.6 Å². The zero-order valence-electron chi connectivity index (χ0n) is 41.5. The van der Waals surface area contributed by atoms with E-state index in [9.17, 15) is 27.6 Å². The third-order valence-electron chi connectivity index (χ3n) is 14.6. The number of hydrogen-bond acceptors (Lipinski definition) is 12. The highest BCUT2D eigenvalue weighted by molar-refractivity contribution is 5.95. The van der Waals surface area contributed by atoms with Crippen LogP contribution in [0.25, 0.3) is 0 Å². The minimum absolute atomic E-state index is 0.0342. The molecule has 0 radical (unpaired) electrons. The second kappa shape index (κ2) is 19.4. The number of ketones is 2. The van der Waals surface area contributed by atoms with Gasteiger partial charge in [-0.3, -0.25) is 14.4 Å². The van der Waals surface area contributed by atoms with Crippen LogP contribution in [0.1, 0.15) is 108 Å². The van der Waals surface area contributed by atoms with Crippen LogP contribution in [-0.4, -0.2) is 74.5 Å². The van der Waals surface area contributed by atoms with Gasteiger partial charge in [-0.1, -0.05) is 64.1 Å². The summed E-state index contributed by atoms with van der Waals surface area (Å²) in [6.45, 7) is 15.9. The van der Waals surface area contributed by atoms with E-state index in [0.717, 1.165) is 89.5 Å². The number of aldehydes is 1. The Labute approximate surface area is 413 Å². The molecule has 2 saturated carbocycles. The van der Waals surface area contributed by atoms with Crippen molar-refractivity contribution < 1.29 is 56.0 Å². The SMILES string of the molecule is CC(C)(C)OC(=O)NCC(C)(C)C1Cc2cc(CC(=O)C3(c4ccc5c(c4)OCO5)CC3)ccc2N1.CC(C)(CN)C1Cc2cc(CC(=O)C3(c4ccc5c(c4)OCO5)CC3)ccc2N1.O=CC(F)(F)F. The maximum atomic E-state index is 13.4. The molecule has 13 nitrogen and oxygen atoms in total. The number of anilines is 2. The van der Waals surface area contributed by atoms with E-state index in [1.165, 1.54) is 16.8 Å². The molecule has 380 valence electrons. The van der Waals surface area contributed by atoms with Crippen molar-refractivity contribution >= 4 is 35.3 Å². The Morgan fingerprint density at radius 1 is 0.662 bits per heavy atom. The van der Waals surface area contributed by atoms with E-state index in [0.29, 0.717) is 37.8 Å². The van der Waals surface area contributed by atoms with E-state index in [1.807, 2.05) is 63.2 Å². The number of ether oxygens (including phenoxy) is 5. The number of rotatable bonds is 13. The largest absolute Gasteiger partial charge is 0.454 e. The summed E-state index contributed by atoms with van der Waals surface area (Å²) in [6.07, 6.45) is 0.133. The second-order valence-electron chi connectivity index (χ2n) is 22.0. The van der Waals surface area contributed by atoms with Crippen LogP contribution < -0.4 is 40.6 Å². The van der Waals surface area contributed by atoms with Gasteiger partial charge in [-0.05, 0) is 141 Å². The Hall–Kier alpha value is -6.29. The highest BCUT2D eigenvalue weighted by Crippen LogP contribution is 2.53. The summed E-state index contributed by atoms with van der Waals surface area (Å²) in [5.74, 6) is 3.53. The maximum Gasteiger partial charge on any atom is 0.446 e. The summed E-state index contributed by atoms with van der Waals surface area (Å²) in [5, 5.41) is 10.1. The van der Waals surface area contributed by atoms with E-state index >= 15 is 0 Å². The van der Waals surface area contributed by atoms with Crippen molar-refractivity contribution in [2.75, 3.05) is 37.3 Å². The molecule has 0 aromatic heterocycles. The first kappa shape index (κ1) is 51.1. The first-order valence-electron chi connectivity index (χ1n) is 24.3. The second-order valence-corrected chi connectivity index (χ2v) is 22.0. The highest BCUT2D eigenvalue weighted by Gasteiger charge is 2.52. The number of nitrogens with one attached hydrogen (secondary N) is 3. The molecule has 4 aromatic rings. The number of nitrogens with two attached hydrogens (primary N) is 1. The number of carbonyl (C=O) groups is 4. The van der Waals surface area contributed by atoms with E-state index in [1.54, 1.807) is 0 Å². The molecule has 4 heterocycles. The molecular weight excluding hydrogens is 918 g/mol. The van der Waals surface area contributed by atoms with Gasteiger partial charge in [0.2, 0.25) is 19.9 Å². The minimum Gasteiger partial charge on any atom is -0.454 e. The smallest absolute Gasteiger partial charge is 0.446 e. The lowest BCUT2D eigenvalue weighted by atomic mass is 9.82. The van der Waals surface area contributed by atoms with E-state index in [4.69, 9.17) is 34.2 Å². The van der Waals surface area contributed by atoms with Crippen LogP contribution in [0.3, 0.4) is 0 Å². The molecule has 4 aromatic carbocycles. The van der Waals surface area contributed by atoms with Crippen LogP contribution in [0.15, 0.2) is 72.8 Å². The fraction of sp³-hybridized carbons (Fsp3) is 0.491. The Morgan fingerprint density at radius 2 is 1.08 bits per heavy atom. The van der Waals surface area contributed by atoms with Crippen LogP contribution in [0.2, 0.25) is 0 Å². The van der Waals surface area contributed by atoms with Gasteiger partial charge < -0.3 is 45.4 Å². The first-order chi connectivity index (χ1) is 33.4. The average Bonchev–Trinajstić information content (AvgIpc) is 4.01. The summed E-state index contributed by atoms with van der Waals surface area (Å²) < 4.78 is 58.5. The summed E-state index contributed by atoms with van der Waals surface area (Å²) in [5.41, 5.74) is 13.5. The molecule has 2 unspecified atom stereocenters. The van der Waals surface area contributed by atoms with Crippen LogP contribution in [0, 0.1) is 10.8 Å². The predicted molar refractivity (Wildman–Crippen MR) is 262 cm³/mol. The number of hydrogen-bond donors (Lipinski definition) is 4. The normalized spacial score (nSPS) is 19.3. The minimum atomic E-state index is -4.64. The van der Waals surface area contributed by atoms with E-state index in [-0.39, 0.29) is 41.7 Å². The number of carbonyl (C=O) groups excluding carboxylic acids is 4. The van der Waals surface area contributed by atoms with Crippen molar-refractivity contribution in [3.8, 4) is 23.0 Å². The average molecular weight is 983 g/mol. The Bertz CT molecular complexity index is 2690. The van der Waals surface area contributed by atoms with Crippen LogP contribution in [0.5, 0.6) is 23.0 Å². The fourth-order valence-corrected chi connectivity index (χ4v) is 9.68. The van der Waals surface area contributed by atoms with Gasteiger partial charge in [-0.25, -0.2) is 4.79 Å². The number of alkyl carbamates (subject to hydrolysis) is 1. The first-order valence-corrected chi connectivity index (χ1v) is 24.3. The van der Waals surface area contributed by atoms with Gasteiger partial charge in [0.25, 0.3) is 0 Å². The lowest BCUT2D eigenvalue weighted by Gasteiger charge is -2.32. The standard InChI is InChI=1S/C29H36N2O5.C24H28N2O3.C2HF3O/c1-27(2,3)36-26(33)30-16-28(4,5)24-14-19-12-18(6-8-21(19)31-24)13-25(32)29(10-11-29)20-7-9-22-23(15-20)35-17-34-22;1-23(2,13-25)21-11-16-9-15(3-5-18(16)26-21)10-22(27)24(7-8-24)17-4-6-19-20(12-17)29-14-28-19;3-2(4,5)1-6/h6-9,12,15,24,31H,10-11,13-14,16-17H2,1-5H3,(H,30,33);3-6,9,12,21,26H,7-8,10-11,13-14,25H2,1-2H3;1H. The molecule has 71 heavy (non-hydrogen) atoms. The van der Waals surface area contributed by atoms with Crippen LogP contribution >= 0.6 is 0 Å². The third kappa shape index (κ3) is 11.6. The number of halogens is 3. The molecule has 2 aliphatic carbocycles. The van der Waals surface area contributed by atoms with Crippen LogP contribution in [0.4, 0.5) is 29.3 Å². The highest BCUT2D eigenvalue weighted by atomic mass is 19.4. The molecule has 0 bridgehead atoms. The van der Waals surface area contributed by atoms with E-state index in [2.05, 4.69) is 74.0 Å². The van der Waals surface area contributed by atoms with Gasteiger partial charge in [-0.2, -0.15) is 13.2 Å². The number of amides is 1. The molecule has 6 aliphatic rings. The van der Waals surface area contributed by atoms with Crippen molar-refractivity contribution in [1.29, 1.82) is 0 Å². The molecule has 4 aliphatic heterocycles. The lowest BCUT2D eigenvalue weighted by molar-refractivity contribution is -0.156. The molecule has 2 fully saturated rings. The quantitative estimate of drug-likeness (QED) is 0.0936. The molecule has 16 heteroatoms. The van der Waals surface area contributed by atoms with Gasteiger partial charge >= 0.3 is 12.3 Å². The zero-order valence-corrected chi connectivity index (χ0v) is 41.5. The van der Waals surface area contributed by atoms with Gasteiger partial charge in [0, 0.05) is 48.3 Å². The van der Waals surface area contributed by atoms with Gasteiger partial charge in [0.05, 0.1) is 10.8 Å². The van der Waals surface area contributed by atoms with Crippen molar-refractivity contribution in [1.82, 2.24) is 5.32 Å². The van der Waals surface area contributed by atoms with Crippen LogP contribution in [-0.2, 0) is 55.6 Å². The molecule has 1 amide bonds. The fourth-order valence-electron chi connectivity index (χ4n) is 9.68.